The van der Waals surface area contributed by atoms with Crippen molar-refractivity contribution < 1.29 is 8.42 Å². The third-order valence-corrected chi connectivity index (χ3v) is 5.07. The Bertz CT molecular complexity index is 641. The molecule has 8 heteroatoms. The van der Waals surface area contributed by atoms with E-state index in [2.05, 4.69) is 46.8 Å². The van der Waals surface area contributed by atoms with Gasteiger partial charge in [0.15, 0.2) is 0 Å². The van der Waals surface area contributed by atoms with Crippen LogP contribution in [0.1, 0.15) is 5.69 Å². The number of hydrogen-bond acceptors (Lipinski definition) is 3. The van der Waals surface area contributed by atoms with Gasteiger partial charge in [-0.3, -0.25) is 5.10 Å². The maximum Gasteiger partial charge on any atom is 0.242 e. The number of sulfonamides is 1. The number of halogens is 2. The van der Waals surface area contributed by atoms with Gasteiger partial charge in [-0.1, -0.05) is 15.9 Å². The van der Waals surface area contributed by atoms with Crippen molar-refractivity contribution in [1.82, 2.24) is 14.9 Å². The van der Waals surface area contributed by atoms with Crippen LogP contribution in [0.25, 0.3) is 0 Å². The largest absolute Gasteiger partial charge is 0.281 e. The highest BCUT2D eigenvalue weighted by Crippen LogP contribution is 2.25. The highest BCUT2D eigenvalue weighted by molar-refractivity contribution is 9.11. The molecule has 0 saturated heterocycles. The lowest BCUT2D eigenvalue weighted by atomic mass is 10.4. The molecule has 1 heterocycles. The molecular weight excluding hydrogens is 386 g/mol. The minimum Gasteiger partial charge on any atom is -0.281 e. The van der Waals surface area contributed by atoms with E-state index in [1.165, 1.54) is 6.07 Å². The smallest absolute Gasteiger partial charge is 0.242 e. The van der Waals surface area contributed by atoms with Crippen molar-refractivity contribution in [2.75, 3.05) is 0 Å². The molecule has 0 amide bonds. The second-order valence-electron chi connectivity index (χ2n) is 3.48. The molecule has 0 unspecified atom stereocenters. The van der Waals surface area contributed by atoms with Gasteiger partial charge in [0.2, 0.25) is 10.0 Å². The number of hydrogen-bond donors (Lipinski definition) is 2. The maximum absolute atomic E-state index is 12.1. The Labute approximate surface area is 121 Å². The second kappa shape index (κ2) is 5.52. The lowest BCUT2D eigenvalue weighted by molar-refractivity contribution is 0.580. The number of nitrogens with one attached hydrogen (secondary N) is 2. The van der Waals surface area contributed by atoms with Crippen molar-refractivity contribution >= 4 is 41.9 Å². The molecule has 0 bridgehead atoms. The summed E-state index contributed by atoms with van der Waals surface area (Å²) in [4.78, 5) is 0.199. The molecule has 0 aliphatic carbocycles. The third-order valence-electron chi connectivity index (χ3n) is 2.19. The molecule has 2 aromatic rings. The Kier molecular flexibility index (Phi) is 4.21. The first kappa shape index (κ1) is 13.7. The molecule has 1 aromatic carbocycles. The van der Waals surface area contributed by atoms with E-state index in [0.29, 0.717) is 10.2 Å². The third kappa shape index (κ3) is 3.19. The summed E-state index contributed by atoms with van der Waals surface area (Å²) in [7, 11) is -3.55. The van der Waals surface area contributed by atoms with Gasteiger partial charge < -0.3 is 0 Å². The van der Waals surface area contributed by atoms with Gasteiger partial charge in [-0.2, -0.15) is 5.10 Å². The number of benzene rings is 1. The summed E-state index contributed by atoms with van der Waals surface area (Å²) >= 11 is 6.51. The lowest BCUT2D eigenvalue weighted by Gasteiger charge is -2.07. The topological polar surface area (TPSA) is 74.8 Å². The van der Waals surface area contributed by atoms with E-state index >= 15 is 0 Å². The van der Waals surface area contributed by atoms with Crippen molar-refractivity contribution in [3.8, 4) is 0 Å². The number of H-pyrrole nitrogens is 1. The Morgan fingerprint density at radius 2 is 2.06 bits per heavy atom. The Balaban J connectivity index is 2.20. The van der Waals surface area contributed by atoms with Gasteiger partial charge in [-0.15, -0.1) is 0 Å². The van der Waals surface area contributed by atoms with Crippen LogP contribution in [0, 0.1) is 0 Å². The number of rotatable bonds is 4. The van der Waals surface area contributed by atoms with Gasteiger partial charge in [0.25, 0.3) is 0 Å². The molecule has 0 spiro atoms. The fourth-order valence-corrected chi connectivity index (χ4v) is 4.08. The van der Waals surface area contributed by atoms with Gasteiger partial charge in [-0.05, 0) is 40.2 Å². The molecule has 5 nitrogen and oxygen atoms in total. The molecule has 18 heavy (non-hydrogen) atoms. The van der Waals surface area contributed by atoms with Gasteiger partial charge in [0.05, 0.1) is 17.1 Å². The molecule has 2 N–H and O–H groups in total. The molecule has 0 fully saturated rings. The predicted molar refractivity (Wildman–Crippen MR) is 74.5 cm³/mol. The highest BCUT2D eigenvalue weighted by atomic mass is 79.9. The van der Waals surface area contributed by atoms with E-state index in [1.54, 1.807) is 24.4 Å². The molecule has 0 aliphatic heterocycles. The quantitative estimate of drug-likeness (QED) is 0.836. The molecule has 0 radical (unpaired) electrons. The first-order chi connectivity index (χ1) is 8.49. The zero-order valence-corrected chi connectivity index (χ0v) is 13.0. The fourth-order valence-electron chi connectivity index (χ4n) is 1.33. The standard InChI is InChI=1S/C10H9Br2N3O2S/c11-7-1-2-10(9(12)5-7)18(16,17)14-6-8-3-4-13-15-8/h1-5,14H,6H2,(H,13,15). The Hall–Kier alpha value is -0.700. The van der Waals surface area contributed by atoms with E-state index in [-0.39, 0.29) is 11.4 Å². The summed E-state index contributed by atoms with van der Waals surface area (Å²) in [5.41, 5.74) is 0.701. The average Bonchev–Trinajstić information content (AvgIpc) is 2.78. The fraction of sp³-hybridized carbons (Fsp3) is 0.100. The summed E-state index contributed by atoms with van der Waals surface area (Å²) in [6.45, 7) is 0.171. The molecule has 0 atom stereocenters. The number of nitrogens with zero attached hydrogens (tertiary/aromatic N) is 1. The van der Waals surface area contributed by atoms with Crippen LogP contribution in [0.4, 0.5) is 0 Å². The summed E-state index contributed by atoms with van der Waals surface area (Å²) in [5, 5.41) is 6.44. The van der Waals surface area contributed by atoms with Crippen LogP contribution < -0.4 is 4.72 Å². The van der Waals surface area contributed by atoms with Crippen LogP contribution in [-0.4, -0.2) is 18.6 Å². The van der Waals surface area contributed by atoms with Crippen molar-refractivity contribution in [3.05, 3.63) is 45.1 Å². The Morgan fingerprint density at radius 1 is 1.28 bits per heavy atom. The Morgan fingerprint density at radius 3 is 2.67 bits per heavy atom. The van der Waals surface area contributed by atoms with E-state index in [9.17, 15) is 8.42 Å². The van der Waals surface area contributed by atoms with E-state index < -0.39 is 10.0 Å². The predicted octanol–water partition coefficient (Wildman–Crippen LogP) is 2.41. The van der Waals surface area contributed by atoms with Crippen LogP contribution >= 0.6 is 31.9 Å². The molecule has 96 valence electrons. The van der Waals surface area contributed by atoms with Crippen molar-refractivity contribution in [2.24, 2.45) is 0 Å². The first-order valence-electron chi connectivity index (χ1n) is 4.92. The van der Waals surface area contributed by atoms with Crippen LogP contribution in [0.15, 0.2) is 44.3 Å². The van der Waals surface area contributed by atoms with Gasteiger partial charge in [0, 0.05) is 15.1 Å². The van der Waals surface area contributed by atoms with Crippen LogP contribution in [-0.2, 0) is 16.6 Å². The highest BCUT2D eigenvalue weighted by Gasteiger charge is 2.17. The van der Waals surface area contributed by atoms with E-state index in [0.717, 1.165) is 4.47 Å². The minimum absolute atomic E-state index is 0.171. The van der Waals surface area contributed by atoms with Crippen LogP contribution in [0.2, 0.25) is 0 Å². The van der Waals surface area contributed by atoms with Crippen LogP contribution in [0.5, 0.6) is 0 Å². The zero-order chi connectivity index (χ0) is 13.2. The molecule has 0 saturated carbocycles. The van der Waals surface area contributed by atoms with Crippen molar-refractivity contribution in [2.45, 2.75) is 11.4 Å². The first-order valence-corrected chi connectivity index (χ1v) is 7.99. The minimum atomic E-state index is -3.55. The van der Waals surface area contributed by atoms with Gasteiger partial charge in [0.1, 0.15) is 0 Å². The monoisotopic (exact) mass is 393 g/mol. The summed E-state index contributed by atoms with van der Waals surface area (Å²) in [6.07, 6.45) is 1.57. The van der Waals surface area contributed by atoms with Gasteiger partial charge >= 0.3 is 0 Å². The maximum atomic E-state index is 12.1. The van der Waals surface area contributed by atoms with Crippen molar-refractivity contribution in [3.63, 3.8) is 0 Å². The van der Waals surface area contributed by atoms with Crippen molar-refractivity contribution in [1.29, 1.82) is 0 Å². The molecule has 2 rings (SSSR count). The van der Waals surface area contributed by atoms with E-state index in [1.807, 2.05) is 0 Å². The number of aromatic nitrogens is 2. The summed E-state index contributed by atoms with van der Waals surface area (Å²) < 4.78 is 27.9. The zero-order valence-electron chi connectivity index (χ0n) is 9.02. The van der Waals surface area contributed by atoms with E-state index in [4.69, 9.17) is 0 Å². The lowest BCUT2D eigenvalue weighted by Crippen LogP contribution is -2.23. The molecule has 0 aliphatic rings. The SMILES string of the molecule is O=S(=O)(NCc1ccn[nH]1)c1ccc(Br)cc1Br. The average molecular weight is 395 g/mol. The van der Waals surface area contributed by atoms with Crippen LogP contribution in [0.3, 0.4) is 0 Å². The number of aromatic amines is 1. The summed E-state index contributed by atoms with van der Waals surface area (Å²) in [6, 6.07) is 6.60. The molecule has 1 aromatic heterocycles. The second-order valence-corrected chi connectivity index (χ2v) is 6.99. The molecular formula is C10H9Br2N3O2S. The van der Waals surface area contributed by atoms with Gasteiger partial charge in [-0.25, -0.2) is 13.1 Å². The normalized spacial score (nSPS) is 11.7. The summed E-state index contributed by atoms with van der Waals surface area (Å²) in [5.74, 6) is 0.